The molecule has 2 aromatic rings. The number of benzene rings is 2. The summed E-state index contributed by atoms with van der Waals surface area (Å²) in [5.41, 5.74) is 0.861. The Bertz CT molecular complexity index is 857. The van der Waals surface area contributed by atoms with E-state index in [-0.39, 0.29) is 42.0 Å². The van der Waals surface area contributed by atoms with Crippen molar-refractivity contribution in [1.29, 1.82) is 0 Å². The van der Waals surface area contributed by atoms with Crippen LogP contribution < -0.4 is 4.74 Å². The topological polar surface area (TPSA) is 93.1 Å². The van der Waals surface area contributed by atoms with Crippen LogP contribution in [0, 0.1) is 0 Å². The third kappa shape index (κ3) is 3.62. The number of nitrogens with zero attached hydrogens (tertiary/aromatic N) is 1. The van der Waals surface area contributed by atoms with Crippen molar-refractivity contribution in [2.75, 3.05) is 20.3 Å². The van der Waals surface area contributed by atoms with Crippen molar-refractivity contribution in [3.63, 3.8) is 0 Å². The van der Waals surface area contributed by atoms with Gasteiger partial charge in [-0.2, -0.15) is 0 Å². The van der Waals surface area contributed by atoms with Crippen LogP contribution in [0.1, 0.15) is 43.9 Å². The predicted molar refractivity (Wildman–Crippen MR) is 96.0 cm³/mol. The maximum absolute atomic E-state index is 12.2. The van der Waals surface area contributed by atoms with Gasteiger partial charge in [0.1, 0.15) is 5.56 Å². The lowest BCUT2D eigenvalue weighted by Crippen LogP contribution is -2.30. The minimum atomic E-state index is -0.660. The molecule has 2 amide bonds. The highest BCUT2D eigenvalue weighted by molar-refractivity contribution is 6.21. The van der Waals surface area contributed by atoms with Gasteiger partial charge in [-0.1, -0.05) is 18.2 Å². The smallest absolute Gasteiger partial charge is 0.342 e. The number of hydrogen-bond acceptors (Lipinski definition) is 6. The predicted octanol–water partition coefficient (Wildman–Crippen LogP) is 2.63. The van der Waals surface area contributed by atoms with Crippen LogP contribution in [-0.2, 0) is 4.74 Å². The van der Waals surface area contributed by atoms with Crippen LogP contribution in [0.15, 0.2) is 42.5 Å². The first-order valence-electron chi connectivity index (χ1n) is 8.53. The Morgan fingerprint density at radius 3 is 2.30 bits per heavy atom. The highest BCUT2D eigenvalue weighted by atomic mass is 16.5. The molecule has 1 aliphatic rings. The second-order valence-electron chi connectivity index (χ2n) is 6.01. The summed E-state index contributed by atoms with van der Waals surface area (Å²) in [6.07, 6.45) is 0.979. The first-order valence-corrected chi connectivity index (χ1v) is 8.53. The molecule has 0 unspecified atom stereocenters. The van der Waals surface area contributed by atoms with Crippen LogP contribution in [0.2, 0.25) is 0 Å². The van der Waals surface area contributed by atoms with Crippen LogP contribution in [0.5, 0.6) is 11.5 Å². The normalized spacial score (nSPS) is 12.9. The van der Waals surface area contributed by atoms with Gasteiger partial charge in [-0.15, -0.1) is 0 Å². The number of aromatic hydroxyl groups is 1. The molecule has 0 saturated carbocycles. The number of carbonyl (C=O) groups is 3. The highest BCUT2D eigenvalue weighted by Crippen LogP contribution is 2.29. The van der Waals surface area contributed by atoms with Crippen molar-refractivity contribution in [2.45, 2.75) is 12.8 Å². The van der Waals surface area contributed by atoms with Crippen molar-refractivity contribution in [3.05, 3.63) is 59.2 Å². The number of methoxy groups -OCH3 is 1. The average Bonchev–Trinajstić information content (AvgIpc) is 2.92. The van der Waals surface area contributed by atoms with Crippen LogP contribution in [0.25, 0.3) is 0 Å². The molecule has 0 bridgehead atoms. The fraction of sp³-hybridized carbons (Fsp3) is 0.250. The molecule has 1 aliphatic heterocycles. The zero-order valence-corrected chi connectivity index (χ0v) is 14.8. The van der Waals surface area contributed by atoms with E-state index in [9.17, 15) is 19.5 Å². The van der Waals surface area contributed by atoms with Crippen LogP contribution in [0.4, 0.5) is 0 Å². The standard InChI is InChI=1S/C20H19NO6/c1-26-16-10-6-9-15(17(16)22)20(25)27-12-5-4-11-21-18(23)13-7-2-3-8-14(13)19(21)24/h2-3,6-10,22H,4-5,11-12H2,1H3. The monoisotopic (exact) mass is 369 g/mol. The fourth-order valence-corrected chi connectivity index (χ4v) is 2.91. The molecule has 0 fully saturated rings. The van der Waals surface area contributed by atoms with E-state index in [4.69, 9.17) is 9.47 Å². The van der Waals surface area contributed by atoms with Crippen molar-refractivity contribution < 1.29 is 29.0 Å². The lowest BCUT2D eigenvalue weighted by molar-refractivity contribution is 0.0482. The number of phenols is 1. The molecule has 0 aromatic heterocycles. The second kappa shape index (κ2) is 7.90. The SMILES string of the molecule is COc1cccc(C(=O)OCCCCN2C(=O)c3ccccc3C2=O)c1O. The van der Waals surface area contributed by atoms with E-state index in [1.165, 1.54) is 24.1 Å². The summed E-state index contributed by atoms with van der Waals surface area (Å²) in [6.45, 7) is 0.368. The summed E-state index contributed by atoms with van der Waals surface area (Å²) in [5.74, 6) is -1.33. The number of esters is 1. The molecular formula is C20H19NO6. The van der Waals surface area contributed by atoms with E-state index < -0.39 is 5.97 Å². The lowest BCUT2D eigenvalue weighted by atomic mass is 10.1. The molecule has 27 heavy (non-hydrogen) atoms. The van der Waals surface area contributed by atoms with Crippen molar-refractivity contribution in [2.24, 2.45) is 0 Å². The number of hydrogen-bond donors (Lipinski definition) is 1. The number of imide groups is 1. The van der Waals surface area contributed by atoms with Gasteiger partial charge in [0.25, 0.3) is 11.8 Å². The third-order valence-corrected chi connectivity index (χ3v) is 4.33. The maximum atomic E-state index is 12.2. The Morgan fingerprint density at radius 1 is 1.00 bits per heavy atom. The summed E-state index contributed by atoms with van der Waals surface area (Å²) in [7, 11) is 1.39. The minimum Gasteiger partial charge on any atom is -0.504 e. The van der Waals surface area contributed by atoms with E-state index in [1.54, 1.807) is 30.3 Å². The number of fused-ring (bicyclic) bond motifs is 1. The van der Waals surface area contributed by atoms with Crippen LogP contribution in [-0.4, -0.2) is 48.1 Å². The van der Waals surface area contributed by atoms with Gasteiger partial charge in [0.15, 0.2) is 11.5 Å². The molecular weight excluding hydrogens is 350 g/mol. The molecule has 3 rings (SSSR count). The zero-order chi connectivity index (χ0) is 19.4. The first-order chi connectivity index (χ1) is 13.0. The first kappa shape index (κ1) is 18.4. The van der Waals surface area contributed by atoms with E-state index in [1.807, 2.05) is 0 Å². The van der Waals surface area contributed by atoms with Gasteiger partial charge < -0.3 is 14.6 Å². The molecule has 0 spiro atoms. The van der Waals surface area contributed by atoms with Crippen molar-refractivity contribution in [1.82, 2.24) is 4.90 Å². The van der Waals surface area contributed by atoms with E-state index in [2.05, 4.69) is 0 Å². The summed E-state index contributed by atoms with van der Waals surface area (Å²) in [4.78, 5) is 37.7. The summed E-state index contributed by atoms with van der Waals surface area (Å²) >= 11 is 0. The second-order valence-corrected chi connectivity index (χ2v) is 6.01. The molecule has 0 saturated heterocycles. The third-order valence-electron chi connectivity index (χ3n) is 4.33. The Morgan fingerprint density at radius 2 is 1.67 bits per heavy atom. The minimum absolute atomic E-state index is 0.0229. The Labute approximate surface area is 156 Å². The fourth-order valence-electron chi connectivity index (χ4n) is 2.91. The Hall–Kier alpha value is -3.35. The van der Waals surface area contributed by atoms with Gasteiger partial charge in [-0.05, 0) is 37.1 Å². The molecule has 2 aromatic carbocycles. The van der Waals surface area contributed by atoms with E-state index >= 15 is 0 Å². The quantitative estimate of drug-likeness (QED) is 0.458. The number of ether oxygens (including phenoxy) is 2. The van der Waals surface area contributed by atoms with Gasteiger partial charge >= 0.3 is 5.97 Å². The van der Waals surface area contributed by atoms with Crippen molar-refractivity contribution >= 4 is 17.8 Å². The molecule has 1 N–H and O–H groups in total. The van der Waals surface area contributed by atoms with E-state index in [0.29, 0.717) is 24.0 Å². The number of phenolic OH excluding ortho intramolecular Hbond substituents is 1. The highest BCUT2D eigenvalue weighted by Gasteiger charge is 2.34. The van der Waals surface area contributed by atoms with Crippen LogP contribution in [0.3, 0.4) is 0 Å². The van der Waals surface area contributed by atoms with E-state index in [0.717, 1.165) is 0 Å². The number of amides is 2. The number of unbranched alkanes of at least 4 members (excludes halogenated alkanes) is 1. The number of carbonyl (C=O) groups excluding carboxylic acids is 3. The molecule has 0 aliphatic carbocycles. The molecule has 0 atom stereocenters. The average molecular weight is 369 g/mol. The van der Waals surface area contributed by atoms with Gasteiger partial charge in [0.2, 0.25) is 0 Å². The van der Waals surface area contributed by atoms with Gasteiger partial charge in [-0.25, -0.2) is 4.79 Å². The summed E-state index contributed by atoms with van der Waals surface area (Å²) in [6, 6.07) is 11.3. The summed E-state index contributed by atoms with van der Waals surface area (Å²) < 4.78 is 10.1. The number of rotatable bonds is 7. The maximum Gasteiger partial charge on any atom is 0.342 e. The Balaban J connectivity index is 1.47. The van der Waals surface area contributed by atoms with Crippen LogP contribution >= 0.6 is 0 Å². The van der Waals surface area contributed by atoms with Crippen molar-refractivity contribution in [3.8, 4) is 11.5 Å². The van der Waals surface area contributed by atoms with Gasteiger partial charge in [0.05, 0.1) is 24.8 Å². The van der Waals surface area contributed by atoms with Gasteiger partial charge in [-0.3, -0.25) is 14.5 Å². The molecule has 140 valence electrons. The molecule has 7 heteroatoms. The Kier molecular flexibility index (Phi) is 5.40. The summed E-state index contributed by atoms with van der Waals surface area (Å²) in [5, 5.41) is 9.94. The molecule has 1 heterocycles. The largest absolute Gasteiger partial charge is 0.504 e. The lowest BCUT2D eigenvalue weighted by Gasteiger charge is -2.13. The molecule has 0 radical (unpaired) electrons. The zero-order valence-electron chi connectivity index (χ0n) is 14.8. The van der Waals surface area contributed by atoms with Gasteiger partial charge in [0, 0.05) is 6.54 Å². The molecule has 7 nitrogen and oxygen atoms in total. The number of para-hydroxylation sites is 1.